The Labute approximate surface area is 160 Å². The van der Waals surface area contributed by atoms with Gasteiger partial charge in [0.25, 0.3) is 0 Å². The van der Waals surface area contributed by atoms with Gasteiger partial charge in [0.2, 0.25) is 5.91 Å². The molecule has 0 spiro atoms. The van der Waals surface area contributed by atoms with E-state index in [9.17, 15) is 9.59 Å². The van der Waals surface area contributed by atoms with E-state index in [1.54, 1.807) is 11.6 Å². The first-order valence-corrected chi connectivity index (χ1v) is 9.95. The molecule has 1 atom stereocenters. The lowest BCUT2D eigenvalue weighted by molar-refractivity contribution is -0.132. The topological polar surface area (TPSA) is 60.1 Å². The zero-order valence-corrected chi connectivity index (χ0v) is 16.6. The maximum Gasteiger partial charge on any atom is 0.345 e. The van der Waals surface area contributed by atoms with Gasteiger partial charge in [0.15, 0.2) is 0 Å². The summed E-state index contributed by atoms with van der Waals surface area (Å²) in [5.74, 6) is 1.83. The highest BCUT2D eigenvalue weighted by Crippen LogP contribution is 2.24. The maximum absolute atomic E-state index is 12.7. The first kappa shape index (κ1) is 19.4. The second-order valence-electron chi connectivity index (χ2n) is 7.61. The highest BCUT2D eigenvalue weighted by Gasteiger charge is 2.25. The largest absolute Gasteiger partial charge is 0.345 e. The van der Waals surface area contributed by atoms with E-state index in [4.69, 9.17) is 0 Å². The minimum absolute atomic E-state index is 0.0463. The zero-order chi connectivity index (χ0) is 19.4. The number of nitrogens with zero attached hydrogens (tertiary/aromatic N) is 4. The summed E-state index contributed by atoms with van der Waals surface area (Å²) in [4.78, 5) is 26.7. The monoisotopic (exact) mass is 370 g/mol. The first-order chi connectivity index (χ1) is 13.0. The Hall–Kier alpha value is -2.37. The summed E-state index contributed by atoms with van der Waals surface area (Å²) in [7, 11) is 1.70. The predicted octanol–water partition coefficient (Wildman–Crippen LogP) is 2.58. The smallest absolute Gasteiger partial charge is 0.343 e. The van der Waals surface area contributed by atoms with Crippen LogP contribution in [0.5, 0.6) is 0 Å². The number of carbonyl (C=O) groups excluding carboxylic acids is 1. The summed E-state index contributed by atoms with van der Waals surface area (Å²) in [6, 6.07) is 10.2. The fourth-order valence-electron chi connectivity index (χ4n) is 3.96. The van der Waals surface area contributed by atoms with E-state index < -0.39 is 0 Å². The van der Waals surface area contributed by atoms with Gasteiger partial charge in [-0.2, -0.15) is 5.10 Å². The molecule has 1 unspecified atom stereocenters. The van der Waals surface area contributed by atoms with E-state index in [-0.39, 0.29) is 17.5 Å². The Morgan fingerprint density at radius 3 is 2.52 bits per heavy atom. The van der Waals surface area contributed by atoms with Crippen LogP contribution in [0, 0.1) is 5.92 Å². The van der Waals surface area contributed by atoms with Crippen molar-refractivity contribution in [2.75, 3.05) is 13.1 Å². The number of hydrogen-bond donors (Lipinski definition) is 0. The molecule has 0 radical (unpaired) electrons. The van der Waals surface area contributed by atoms with Crippen molar-refractivity contribution in [3.8, 4) is 0 Å². The number of carbonyl (C=O) groups is 1. The molecule has 1 aromatic heterocycles. The van der Waals surface area contributed by atoms with Crippen molar-refractivity contribution in [3.05, 3.63) is 52.2 Å². The van der Waals surface area contributed by atoms with Gasteiger partial charge in [-0.25, -0.2) is 9.48 Å². The molecule has 2 aromatic rings. The van der Waals surface area contributed by atoms with Crippen molar-refractivity contribution in [3.63, 3.8) is 0 Å². The van der Waals surface area contributed by atoms with E-state index in [0.717, 1.165) is 38.2 Å². The predicted molar refractivity (Wildman–Crippen MR) is 106 cm³/mol. The average Bonchev–Trinajstić information content (AvgIpc) is 2.95. The third kappa shape index (κ3) is 4.49. The average molecular weight is 370 g/mol. The normalized spacial score (nSPS) is 16.5. The number of piperidine rings is 1. The number of aryl methyl sites for hydroxylation is 1. The van der Waals surface area contributed by atoms with Gasteiger partial charge in [0.1, 0.15) is 5.82 Å². The molecule has 0 bridgehead atoms. The Morgan fingerprint density at radius 1 is 1.22 bits per heavy atom. The van der Waals surface area contributed by atoms with Gasteiger partial charge in [-0.3, -0.25) is 9.36 Å². The Morgan fingerprint density at radius 2 is 1.89 bits per heavy atom. The molecular formula is C21H30N4O2. The summed E-state index contributed by atoms with van der Waals surface area (Å²) in [6.07, 6.45) is 3.32. The standard InChI is InChI=1S/C21H30N4O2/c1-4-25-19(22-23(3)21(25)27)15-17-10-12-24(13-11-17)20(26)14-16(2)18-8-6-5-7-9-18/h5-9,16-17H,4,10-15H2,1-3H3. The second kappa shape index (κ2) is 8.55. The van der Waals surface area contributed by atoms with Crippen LogP contribution in [0.25, 0.3) is 0 Å². The summed E-state index contributed by atoms with van der Waals surface area (Å²) in [5, 5.41) is 4.39. The zero-order valence-electron chi connectivity index (χ0n) is 16.6. The quantitative estimate of drug-likeness (QED) is 0.785. The van der Waals surface area contributed by atoms with Crippen LogP contribution in [-0.4, -0.2) is 38.2 Å². The van der Waals surface area contributed by atoms with Crippen molar-refractivity contribution in [1.82, 2.24) is 19.2 Å². The first-order valence-electron chi connectivity index (χ1n) is 9.95. The molecule has 1 aliphatic heterocycles. The molecule has 1 saturated heterocycles. The van der Waals surface area contributed by atoms with Crippen LogP contribution in [0.15, 0.2) is 35.1 Å². The van der Waals surface area contributed by atoms with E-state index >= 15 is 0 Å². The fraction of sp³-hybridized carbons (Fsp3) is 0.571. The molecule has 0 N–H and O–H groups in total. The van der Waals surface area contributed by atoms with Gasteiger partial charge >= 0.3 is 5.69 Å². The summed E-state index contributed by atoms with van der Waals surface area (Å²) >= 11 is 0. The molecule has 1 amide bonds. The molecule has 3 rings (SSSR count). The van der Waals surface area contributed by atoms with Crippen LogP contribution in [0.1, 0.15) is 50.4 Å². The van der Waals surface area contributed by atoms with Gasteiger partial charge in [-0.15, -0.1) is 0 Å². The highest BCUT2D eigenvalue weighted by atomic mass is 16.2. The van der Waals surface area contributed by atoms with Crippen LogP contribution in [-0.2, 0) is 24.8 Å². The van der Waals surface area contributed by atoms with Gasteiger partial charge in [-0.1, -0.05) is 37.3 Å². The molecular weight excluding hydrogens is 340 g/mol. The molecule has 1 fully saturated rings. The van der Waals surface area contributed by atoms with Crippen molar-refractivity contribution in [2.24, 2.45) is 13.0 Å². The van der Waals surface area contributed by atoms with Crippen molar-refractivity contribution >= 4 is 5.91 Å². The minimum Gasteiger partial charge on any atom is -0.343 e. The number of likely N-dealkylation sites (tertiary alicyclic amines) is 1. The van der Waals surface area contributed by atoms with Gasteiger partial charge < -0.3 is 4.90 Å². The summed E-state index contributed by atoms with van der Waals surface area (Å²) in [5.41, 5.74) is 1.17. The number of aromatic nitrogens is 3. The lowest BCUT2D eigenvalue weighted by atomic mass is 9.92. The molecule has 1 aliphatic rings. The Bertz CT molecular complexity index is 816. The van der Waals surface area contributed by atoms with Crippen molar-refractivity contribution in [1.29, 1.82) is 0 Å². The Balaban J connectivity index is 1.52. The lowest BCUT2D eigenvalue weighted by Crippen LogP contribution is -2.39. The van der Waals surface area contributed by atoms with Crippen LogP contribution >= 0.6 is 0 Å². The Kier molecular flexibility index (Phi) is 6.14. The van der Waals surface area contributed by atoms with Crippen LogP contribution in [0.3, 0.4) is 0 Å². The fourth-order valence-corrected chi connectivity index (χ4v) is 3.96. The van der Waals surface area contributed by atoms with Crippen molar-refractivity contribution in [2.45, 2.75) is 52.0 Å². The number of rotatable bonds is 6. The van der Waals surface area contributed by atoms with Gasteiger partial charge in [-0.05, 0) is 37.2 Å². The van der Waals surface area contributed by atoms with Crippen LogP contribution in [0.4, 0.5) is 0 Å². The highest BCUT2D eigenvalue weighted by molar-refractivity contribution is 5.77. The summed E-state index contributed by atoms with van der Waals surface area (Å²) < 4.78 is 3.17. The molecule has 1 aromatic carbocycles. The molecule has 0 saturated carbocycles. The summed E-state index contributed by atoms with van der Waals surface area (Å²) in [6.45, 7) is 6.34. The number of amides is 1. The van der Waals surface area contributed by atoms with E-state index in [1.807, 2.05) is 30.0 Å². The molecule has 6 heteroatoms. The molecule has 6 nitrogen and oxygen atoms in total. The minimum atomic E-state index is -0.0463. The lowest BCUT2D eigenvalue weighted by Gasteiger charge is -2.32. The second-order valence-corrected chi connectivity index (χ2v) is 7.61. The third-order valence-corrected chi connectivity index (χ3v) is 5.69. The number of benzene rings is 1. The molecule has 146 valence electrons. The van der Waals surface area contributed by atoms with E-state index in [0.29, 0.717) is 18.9 Å². The molecule has 27 heavy (non-hydrogen) atoms. The third-order valence-electron chi connectivity index (χ3n) is 5.69. The van der Waals surface area contributed by atoms with Gasteiger partial charge in [0.05, 0.1) is 0 Å². The molecule has 0 aliphatic carbocycles. The SMILES string of the molecule is CCn1c(CC2CCN(C(=O)CC(C)c3ccccc3)CC2)nn(C)c1=O. The van der Waals surface area contributed by atoms with E-state index in [1.165, 1.54) is 10.2 Å². The van der Waals surface area contributed by atoms with Crippen LogP contribution in [0.2, 0.25) is 0 Å². The van der Waals surface area contributed by atoms with Gasteiger partial charge in [0, 0.05) is 39.5 Å². The van der Waals surface area contributed by atoms with E-state index in [2.05, 4.69) is 24.2 Å². The maximum atomic E-state index is 12.7. The molecule has 2 heterocycles. The van der Waals surface area contributed by atoms with Crippen molar-refractivity contribution < 1.29 is 4.79 Å². The number of hydrogen-bond acceptors (Lipinski definition) is 3. The van der Waals surface area contributed by atoms with Crippen LogP contribution < -0.4 is 5.69 Å².